The number of hydrogen-bond acceptors (Lipinski definition) is 1. The fraction of sp³-hybridized carbons (Fsp3) is 0.500. The van der Waals surface area contributed by atoms with Crippen molar-refractivity contribution in [3.63, 3.8) is 0 Å². The number of fused-ring (bicyclic) bond motifs is 3. The number of pyridine rings is 1. The second-order valence-corrected chi connectivity index (χ2v) is 9.12. The van der Waals surface area contributed by atoms with E-state index < -0.39 is 0 Å². The van der Waals surface area contributed by atoms with Crippen LogP contribution < -0.4 is 8.97 Å². The molecule has 1 aromatic heterocycles. The number of aromatic nitrogens is 1. The Morgan fingerprint density at radius 1 is 1.15 bits per heavy atom. The van der Waals surface area contributed by atoms with Crippen LogP contribution in [0.15, 0.2) is 36.5 Å². The summed E-state index contributed by atoms with van der Waals surface area (Å²) in [7, 11) is 2.35. The van der Waals surface area contributed by atoms with E-state index in [1.54, 1.807) is 6.07 Å². The maximum absolute atomic E-state index is 14.4. The molecule has 5 atom stereocenters. The molecular weight excluding hydrogens is 325 g/mol. The van der Waals surface area contributed by atoms with Crippen molar-refractivity contribution in [2.45, 2.75) is 52.1 Å². The molecule has 4 heteroatoms. The van der Waals surface area contributed by atoms with Crippen LogP contribution in [0.3, 0.4) is 0 Å². The van der Waals surface area contributed by atoms with E-state index >= 15 is 0 Å². The van der Waals surface area contributed by atoms with Crippen molar-refractivity contribution in [2.24, 2.45) is 5.41 Å². The van der Waals surface area contributed by atoms with Gasteiger partial charge in [0.05, 0.1) is 12.5 Å². The molecule has 3 aliphatic heterocycles. The van der Waals surface area contributed by atoms with Crippen molar-refractivity contribution >= 4 is 17.2 Å². The van der Waals surface area contributed by atoms with Gasteiger partial charge in [0.25, 0.3) is 5.82 Å². The van der Waals surface area contributed by atoms with E-state index in [2.05, 4.69) is 46.9 Å². The summed E-state index contributed by atoms with van der Waals surface area (Å²) in [6.07, 6.45) is 4.40. The topological polar surface area (TPSA) is 12.9 Å². The molecule has 2 bridgehead atoms. The van der Waals surface area contributed by atoms with Gasteiger partial charge in [0.2, 0.25) is 18.5 Å². The minimum absolute atomic E-state index is 0.0518. The molecule has 0 aliphatic carbocycles. The summed E-state index contributed by atoms with van der Waals surface area (Å²) in [5.74, 6) is 1.08. The summed E-state index contributed by atoms with van der Waals surface area (Å²) in [5, 5.41) is 0. The predicted octanol–water partition coefficient (Wildman–Crippen LogP) is 5.21. The van der Waals surface area contributed by atoms with E-state index in [-0.39, 0.29) is 16.6 Å². The van der Waals surface area contributed by atoms with Crippen LogP contribution in [-0.2, 0) is 5.41 Å². The number of quaternary nitrogens is 2. The molecule has 0 saturated carbocycles. The van der Waals surface area contributed by atoms with Crippen LogP contribution >= 0.6 is 0 Å². The van der Waals surface area contributed by atoms with Gasteiger partial charge >= 0.3 is 0 Å². The van der Waals surface area contributed by atoms with Crippen molar-refractivity contribution in [3.8, 4) is 0 Å². The first kappa shape index (κ1) is 16.4. The lowest BCUT2D eigenvalue weighted by atomic mass is 9.53. The van der Waals surface area contributed by atoms with Crippen molar-refractivity contribution in [2.75, 3.05) is 13.7 Å². The molecule has 1 aromatic carbocycles. The molecule has 0 spiro atoms. The molecule has 136 valence electrons. The van der Waals surface area contributed by atoms with E-state index in [0.717, 1.165) is 28.5 Å². The van der Waals surface area contributed by atoms with Crippen LogP contribution in [0.25, 0.3) is 0 Å². The molecular formula is C22H28FN3+2. The second-order valence-electron chi connectivity index (χ2n) is 9.12. The van der Waals surface area contributed by atoms with Crippen molar-refractivity contribution in [3.05, 3.63) is 47.9 Å². The zero-order valence-electron chi connectivity index (χ0n) is 16.4. The SMILES string of the molecule is CCC1(C)c2cc(F)ccc2[N+]23C[N+](C)(c4ncccc42)C3C1(C)CC. The van der Waals surface area contributed by atoms with Crippen LogP contribution in [0.5, 0.6) is 0 Å². The third-order valence-electron chi connectivity index (χ3n) is 8.41. The molecule has 1 saturated heterocycles. The van der Waals surface area contributed by atoms with Gasteiger partial charge < -0.3 is 0 Å². The van der Waals surface area contributed by atoms with Gasteiger partial charge in [0.15, 0.2) is 5.69 Å². The van der Waals surface area contributed by atoms with Gasteiger partial charge in [0.1, 0.15) is 5.82 Å². The molecule has 0 amide bonds. The molecule has 2 aromatic rings. The van der Waals surface area contributed by atoms with Gasteiger partial charge in [-0.25, -0.2) is 4.39 Å². The second kappa shape index (κ2) is 4.55. The Hall–Kier alpha value is -1.78. The lowest BCUT2D eigenvalue weighted by Gasteiger charge is -2.65. The Balaban J connectivity index is 1.92. The molecule has 1 fully saturated rings. The van der Waals surface area contributed by atoms with Gasteiger partial charge in [0, 0.05) is 29.3 Å². The van der Waals surface area contributed by atoms with E-state index in [0.29, 0.717) is 6.17 Å². The van der Waals surface area contributed by atoms with E-state index in [4.69, 9.17) is 4.98 Å². The monoisotopic (exact) mass is 353 g/mol. The Kier molecular flexibility index (Phi) is 2.87. The van der Waals surface area contributed by atoms with Crippen molar-refractivity contribution in [1.82, 2.24) is 14.0 Å². The Morgan fingerprint density at radius 2 is 1.92 bits per heavy atom. The van der Waals surface area contributed by atoms with Gasteiger partial charge in [-0.2, -0.15) is 14.0 Å². The van der Waals surface area contributed by atoms with Crippen molar-refractivity contribution < 1.29 is 4.39 Å². The molecule has 3 nitrogen and oxygen atoms in total. The fourth-order valence-electron chi connectivity index (χ4n) is 6.95. The lowest BCUT2D eigenvalue weighted by molar-refractivity contribution is -0.131. The zero-order valence-corrected chi connectivity index (χ0v) is 16.4. The Labute approximate surface area is 155 Å². The van der Waals surface area contributed by atoms with Gasteiger partial charge in [-0.3, -0.25) is 0 Å². The number of hydrogen-bond donors (Lipinski definition) is 0. The van der Waals surface area contributed by atoms with Crippen LogP contribution in [0.4, 0.5) is 21.6 Å². The highest BCUT2D eigenvalue weighted by Crippen LogP contribution is 2.72. The van der Waals surface area contributed by atoms with Crippen LogP contribution in [0, 0.1) is 11.2 Å². The smallest absolute Gasteiger partial charge is 0.207 e. The highest BCUT2D eigenvalue weighted by atomic mass is 19.1. The highest BCUT2D eigenvalue weighted by molar-refractivity contribution is 5.83. The Morgan fingerprint density at radius 3 is 2.62 bits per heavy atom. The number of rotatable bonds is 2. The lowest BCUT2D eigenvalue weighted by Crippen LogP contribution is -2.87. The standard InChI is InChI=1S/C22H28FN3/c1-6-21(3)16-13-15(23)10-11-17(16)26-14-25(5,20(26)22(21,4)7-2)19-18(26)9-8-12-24-19/h8-13,20H,6-7,14H2,1-5H3/q+2. The van der Waals surface area contributed by atoms with E-state index in [1.807, 2.05) is 18.3 Å². The number of halogens is 1. The summed E-state index contributed by atoms with van der Waals surface area (Å²) in [6, 6.07) is 9.80. The normalized spacial score (nSPS) is 41.8. The van der Waals surface area contributed by atoms with Crippen LogP contribution in [-0.4, -0.2) is 24.9 Å². The number of nitrogens with zero attached hydrogens (tertiary/aromatic N) is 3. The van der Waals surface area contributed by atoms with Crippen LogP contribution in [0.2, 0.25) is 0 Å². The fourth-order valence-corrected chi connectivity index (χ4v) is 6.95. The molecule has 0 N–H and O–H groups in total. The predicted molar refractivity (Wildman–Crippen MR) is 105 cm³/mol. The first-order valence-corrected chi connectivity index (χ1v) is 9.79. The average Bonchev–Trinajstić information content (AvgIpc) is 3.02. The Bertz CT molecular complexity index is 943. The first-order chi connectivity index (χ1) is 12.3. The largest absolute Gasteiger partial charge is 0.300 e. The third kappa shape index (κ3) is 1.38. The van der Waals surface area contributed by atoms with E-state index in [9.17, 15) is 4.39 Å². The zero-order chi connectivity index (χ0) is 18.5. The molecule has 4 heterocycles. The van der Waals surface area contributed by atoms with Gasteiger partial charge in [-0.05, 0) is 38.0 Å². The van der Waals surface area contributed by atoms with Gasteiger partial charge in [-0.1, -0.05) is 20.8 Å². The molecule has 0 radical (unpaired) electrons. The summed E-state index contributed by atoms with van der Waals surface area (Å²) in [5.41, 5.74) is 3.78. The van der Waals surface area contributed by atoms with Gasteiger partial charge in [-0.15, -0.1) is 0 Å². The summed E-state index contributed by atoms with van der Waals surface area (Å²) in [4.78, 5) is 4.82. The quantitative estimate of drug-likeness (QED) is 0.676. The summed E-state index contributed by atoms with van der Waals surface area (Å²) >= 11 is 0. The maximum Gasteiger partial charge on any atom is 0.300 e. The van der Waals surface area contributed by atoms with E-state index in [1.165, 1.54) is 22.8 Å². The maximum atomic E-state index is 14.4. The highest BCUT2D eigenvalue weighted by Gasteiger charge is 2.85. The summed E-state index contributed by atoms with van der Waals surface area (Å²) in [6.45, 7) is 10.3. The first-order valence-electron chi connectivity index (χ1n) is 9.79. The average molecular weight is 353 g/mol. The van der Waals surface area contributed by atoms with Crippen LogP contribution in [0.1, 0.15) is 46.1 Å². The minimum Gasteiger partial charge on any atom is -0.207 e. The summed E-state index contributed by atoms with van der Waals surface area (Å²) < 4.78 is 16.1. The van der Waals surface area contributed by atoms with Crippen molar-refractivity contribution in [1.29, 1.82) is 0 Å². The minimum atomic E-state index is -0.123. The molecule has 3 aliphatic rings. The number of benzene rings is 1. The molecule has 5 unspecified atom stereocenters. The molecule has 5 rings (SSSR count). The molecule has 26 heavy (non-hydrogen) atoms. The third-order valence-corrected chi connectivity index (χ3v) is 8.41.